The fraction of sp³-hybridized carbons (Fsp3) is 0.125. The summed E-state index contributed by atoms with van der Waals surface area (Å²) in [5.41, 5.74) is 1.51. The number of nitrogens with zero attached hydrogens (tertiary/aromatic N) is 3. The van der Waals surface area contributed by atoms with Gasteiger partial charge in [-0.15, -0.1) is 0 Å². The lowest BCUT2D eigenvalue weighted by Crippen LogP contribution is -2.29. The quantitative estimate of drug-likeness (QED) is 0.541. The predicted octanol–water partition coefficient (Wildman–Crippen LogP) is 3.05. The van der Waals surface area contributed by atoms with E-state index >= 15 is 0 Å². The maximum Gasteiger partial charge on any atom is 0.280 e. The molecule has 24 heavy (non-hydrogen) atoms. The number of benzene rings is 1. The first kappa shape index (κ1) is 14.2. The third-order valence-corrected chi connectivity index (χ3v) is 3.91. The minimum absolute atomic E-state index is 0.0510. The van der Waals surface area contributed by atoms with Crippen molar-refractivity contribution < 1.29 is 18.7 Å². The van der Waals surface area contributed by atoms with Gasteiger partial charge in [-0.05, 0) is 24.1 Å². The van der Waals surface area contributed by atoms with E-state index in [2.05, 4.69) is 5.16 Å². The predicted molar refractivity (Wildman–Crippen MR) is 82.7 cm³/mol. The number of anilines is 1. The molecule has 3 heterocycles. The molecule has 1 aliphatic rings. The molecule has 1 amide bonds. The smallest absolute Gasteiger partial charge is 0.280 e. The summed E-state index contributed by atoms with van der Waals surface area (Å²) < 4.78 is 10.3. The minimum atomic E-state index is -0.480. The number of nitro groups is 1. The van der Waals surface area contributed by atoms with E-state index in [0.717, 1.165) is 5.56 Å². The van der Waals surface area contributed by atoms with E-state index in [1.165, 1.54) is 29.4 Å². The normalized spacial score (nSPS) is 13.1. The number of fused-ring (bicyclic) bond motifs is 1. The van der Waals surface area contributed by atoms with Gasteiger partial charge in [0.2, 0.25) is 5.76 Å². The van der Waals surface area contributed by atoms with Crippen LogP contribution in [0.3, 0.4) is 0 Å². The van der Waals surface area contributed by atoms with E-state index in [0.29, 0.717) is 30.2 Å². The van der Waals surface area contributed by atoms with Crippen molar-refractivity contribution in [1.82, 2.24) is 5.16 Å². The van der Waals surface area contributed by atoms with Gasteiger partial charge in [0.1, 0.15) is 0 Å². The molecule has 0 saturated carbocycles. The molecule has 2 aromatic heterocycles. The van der Waals surface area contributed by atoms with Crippen molar-refractivity contribution in [3.05, 3.63) is 64.0 Å². The molecule has 1 aromatic carbocycles. The summed E-state index contributed by atoms with van der Waals surface area (Å²) in [5, 5.41) is 14.7. The van der Waals surface area contributed by atoms with Crippen LogP contribution in [0.25, 0.3) is 11.5 Å². The zero-order valence-electron chi connectivity index (χ0n) is 12.3. The Morgan fingerprint density at radius 3 is 2.88 bits per heavy atom. The van der Waals surface area contributed by atoms with Crippen LogP contribution in [-0.2, 0) is 6.42 Å². The number of carbonyl (C=O) groups is 1. The van der Waals surface area contributed by atoms with Gasteiger partial charge in [0.25, 0.3) is 11.6 Å². The molecule has 0 aliphatic carbocycles. The lowest BCUT2D eigenvalue weighted by atomic mass is 10.1. The highest BCUT2D eigenvalue weighted by molar-refractivity contribution is 6.06. The molecule has 0 bridgehead atoms. The number of hydrogen-bond acceptors (Lipinski definition) is 6. The second kappa shape index (κ2) is 5.34. The summed E-state index contributed by atoms with van der Waals surface area (Å²) in [6.45, 7) is 0.443. The van der Waals surface area contributed by atoms with Crippen LogP contribution in [-0.4, -0.2) is 22.5 Å². The van der Waals surface area contributed by atoms with E-state index < -0.39 is 4.92 Å². The van der Waals surface area contributed by atoms with Crippen molar-refractivity contribution in [3.63, 3.8) is 0 Å². The number of aromatic nitrogens is 1. The highest BCUT2D eigenvalue weighted by Crippen LogP contribution is 2.33. The second-order valence-electron chi connectivity index (χ2n) is 5.33. The molecule has 0 N–H and O–H groups in total. The highest BCUT2D eigenvalue weighted by atomic mass is 16.6. The van der Waals surface area contributed by atoms with E-state index in [9.17, 15) is 14.9 Å². The molecule has 0 spiro atoms. The van der Waals surface area contributed by atoms with E-state index in [4.69, 9.17) is 8.94 Å². The molecule has 0 radical (unpaired) electrons. The van der Waals surface area contributed by atoms with Crippen LogP contribution in [0.15, 0.2) is 51.6 Å². The topological polar surface area (TPSA) is 103 Å². The standard InChI is InChI=1S/C16H11N3O5/c20-16(12-9-15(24-17-12)14-2-1-7-23-14)18-6-5-10-3-4-11(19(21)22)8-13(10)18/h1-4,7-9H,5-6H2. The van der Waals surface area contributed by atoms with Crippen LogP contribution < -0.4 is 4.90 Å². The van der Waals surface area contributed by atoms with Crippen LogP contribution in [0.4, 0.5) is 11.4 Å². The maximum atomic E-state index is 12.7. The second-order valence-corrected chi connectivity index (χ2v) is 5.33. The first-order valence-electron chi connectivity index (χ1n) is 7.23. The lowest BCUT2D eigenvalue weighted by molar-refractivity contribution is -0.384. The first-order chi connectivity index (χ1) is 11.6. The molecule has 1 aliphatic heterocycles. The Labute approximate surface area is 135 Å². The average Bonchev–Trinajstić information content (AvgIpc) is 3.31. The monoisotopic (exact) mass is 325 g/mol. The van der Waals surface area contributed by atoms with Crippen LogP contribution in [0.2, 0.25) is 0 Å². The van der Waals surface area contributed by atoms with Crippen molar-refractivity contribution in [2.45, 2.75) is 6.42 Å². The number of hydrogen-bond donors (Lipinski definition) is 0. The summed E-state index contributed by atoms with van der Waals surface area (Å²) in [5.74, 6) is 0.455. The molecule has 0 atom stereocenters. The van der Waals surface area contributed by atoms with E-state index in [1.54, 1.807) is 18.2 Å². The Morgan fingerprint density at radius 2 is 2.12 bits per heavy atom. The van der Waals surface area contributed by atoms with Gasteiger partial charge < -0.3 is 13.8 Å². The maximum absolute atomic E-state index is 12.7. The molecule has 0 saturated heterocycles. The SMILES string of the molecule is O=C(c1cc(-c2ccco2)on1)N1CCc2ccc([N+](=O)[O-])cc21. The molecular formula is C16H11N3O5. The number of amides is 1. The third kappa shape index (κ3) is 2.24. The van der Waals surface area contributed by atoms with Crippen molar-refractivity contribution in [2.75, 3.05) is 11.4 Å². The Balaban J connectivity index is 1.65. The number of rotatable bonds is 3. The van der Waals surface area contributed by atoms with E-state index in [-0.39, 0.29) is 17.3 Å². The molecular weight excluding hydrogens is 314 g/mol. The van der Waals surface area contributed by atoms with Gasteiger partial charge in [0, 0.05) is 24.7 Å². The first-order valence-corrected chi connectivity index (χ1v) is 7.23. The third-order valence-electron chi connectivity index (χ3n) is 3.91. The summed E-state index contributed by atoms with van der Waals surface area (Å²) in [6, 6.07) is 9.43. The lowest BCUT2D eigenvalue weighted by Gasteiger charge is -2.15. The number of furan rings is 1. The van der Waals surface area contributed by atoms with Gasteiger partial charge in [-0.1, -0.05) is 11.2 Å². The Hall–Kier alpha value is -3.42. The summed E-state index contributed by atoms with van der Waals surface area (Å²) in [7, 11) is 0. The van der Waals surface area contributed by atoms with Gasteiger partial charge in [-0.25, -0.2) is 0 Å². The molecule has 0 fully saturated rings. The molecule has 0 unspecified atom stereocenters. The number of nitro benzene ring substituents is 1. The minimum Gasteiger partial charge on any atom is -0.461 e. The van der Waals surface area contributed by atoms with Gasteiger partial charge in [0.05, 0.1) is 16.9 Å². The fourth-order valence-corrected chi connectivity index (χ4v) is 2.74. The molecule has 8 heteroatoms. The van der Waals surface area contributed by atoms with Crippen LogP contribution in [0.5, 0.6) is 0 Å². The van der Waals surface area contributed by atoms with Crippen LogP contribution in [0.1, 0.15) is 16.1 Å². The Kier molecular flexibility index (Phi) is 3.16. The van der Waals surface area contributed by atoms with Crippen molar-refractivity contribution in [3.8, 4) is 11.5 Å². The van der Waals surface area contributed by atoms with E-state index in [1.807, 2.05) is 0 Å². The largest absolute Gasteiger partial charge is 0.461 e. The van der Waals surface area contributed by atoms with Crippen molar-refractivity contribution >= 4 is 17.3 Å². The molecule has 120 valence electrons. The molecule has 4 rings (SSSR count). The van der Waals surface area contributed by atoms with Crippen LogP contribution in [0, 0.1) is 10.1 Å². The van der Waals surface area contributed by atoms with Crippen LogP contribution >= 0.6 is 0 Å². The average molecular weight is 325 g/mol. The zero-order chi connectivity index (χ0) is 16.7. The summed E-state index contributed by atoms with van der Waals surface area (Å²) in [6.07, 6.45) is 2.14. The Bertz CT molecular complexity index is 929. The number of carbonyl (C=O) groups excluding carboxylic acids is 1. The van der Waals surface area contributed by atoms with Crippen molar-refractivity contribution in [1.29, 1.82) is 0 Å². The fourth-order valence-electron chi connectivity index (χ4n) is 2.74. The van der Waals surface area contributed by atoms with Gasteiger partial charge in [-0.2, -0.15) is 0 Å². The molecule has 8 nitrogen and oxygen atoms in total. The summed E-state index contributed by atoms with van der Waals surface area (Å²) >= 11 is 0. The van der Waals surface area contributed by atoms with Gasteiger partial charge in [0.15, 0.2) is 11.5 Å². The van der Waals surface area contributed by atoms with Gasteiger partial charge in [-0.3, -0.25) is 14.9 Å². The molecule has 3 aromatic rings. The highest BCUT2D eigenvalue weighted by Gasteiger charge is 2.29. The van der Waals surface area contributed by atoms with Crippen molar-refractivity contribution in [2.24, 2.45) is 0 Å². The number of non-ortho nitro benzene ring substituents is 1. The Morgan fingerprint density at radius 1 is 1.25 bits per heavy atom. The zero-order valence-corrected chi connectivity index (χ0v) is 12.3. The summed E-state index contributed by atoms with van der Waals surface area (Å²) in [4.78, 5) is 24.6. The van der Waals surface area contributed by atoms with Gasteiger partial charge >= 0.3 is 0 Å².